The van der Waals surface area contributed by atoms with E-state index in [-0.39, 0.29) is 5.91 Å². The van der Waals surface area contributed by atoms with E-state index in [1.807, 2.05) is 19.3 Å². The van der Waals surface area contributed by atoms with Crippen molar-refractivity contribution in [2.75, 3.05) is 18.9 Å². The van der Waals surface area contributed by atoms with Crippen LogP contribution < -0.4 is 10.6 Å². The zero-order chi connectivity index (χ0) is 14.5. The van der Waals surface area contributed by atoms with Crippen molar-refractivity contribution in [3.63, 3.8) is 0 Å². The summed E-state index contributed by atoms with van der Waals surface area (Å²) in [7, 11) is 3.59. The number of rotatable bonds is 5. The van der Waals surface area contributed by atoms with Crippen molar-refractivity contribution in [3.05, 3.63) is 40.8 Å². The molecule has 0 saturated heterocycles. The molecule has 7 heteroatoms. The lowest BCUT2D eigenvalue weighted by Gasteiger charge is -2.07. The topological polar surface area (TPSA) is 71.8 Å². The van der Waals surface area contributed by atoms with E-state index in [1.54, 1.807) is 17.8 Å². The quantitative estimate of drug-likeness (QED) is 0.876. The largest absolute Gasteiger partial charge is 0.373 e. The fourth-order valence-corrected chi connectivity index (χ4v) is 1.93. The third-order valence-electron chi connectivity index (χ3n) is 2.79. The summed E-state index contributed by atoms with van der Waals surface area (Å²) in [6.07, 6.45) is 4.01. The van der Waals surface area contributed by atoms with Crippen LogP contribution in [0.4, 0.5) is 5.82 Å². The number of pyridine rings is 1. The number of amides is 1. The first kappa shape index (κ1) is 14.3. The van der Waals surface area contributed by atoms with Crippen LogP contribution in [0.15, 0.2) is 24.5 Å². The van der Waals surface area contributed by atoms with Crippen LogP contribution in [-0.2, 0) is 13.5 Å². The van der Waals surface area contributed by atoms with Crippen LogP contribution >= 0.6 is 11.6 Å². The van der Waals surface area contributed by atoms with Gasteiger partial charge in [-0.3, -0.25) is 9.48 Å². The van der Waals surface area contributed by atoms with E-state index < -0.39 is 0 Å². The zero-order valence-electron chi connectivity index (χ0n) is 11.4. The number of aromatic nitrogens is 3. The van der Waals surface area contributed by atoms with Gasteiger partial charge < -0.3 is 10.6 Å². The molecule has 2 aromatic rings. The third-order valence-corrected chi connectivity index (χ3v) is 3.09. The molecule has 0 aliphatic carbocycles. The third kappa shape index (κ3) is 3.48. The number of anilines is 1. The molecule has 0 radical (unpaired) electrons. The number of carbonyl (C=O) groups is 1. The van der Waals surface area contributed by atoms with Gasteiger partial charge in [-0.25, -0.2) is 4.98 Å². The molecule has 20 heavy (non-hydrogen) atoms. The maximum Gasteiger partial charge on any atom is 0.253 e. The Hall–Kier alpha value is -2.08. The second-order valence-electron chi connectivity index (χ2n) is 4.29. The molecule has 0 fully saturated rings. The van der Waals surface area contributed by atoms with Crippen molar-refractivity contribution in [1.82, 2.24) is 20.1 Å². The SMILES string of the molecule is CNc1cc(C(=O)NCCc2ccn(C)n2)c(Cl)cn1. The van der Waals surface area contributed by atoms with E-state index in [9.17, 15) is 4.79 Å². The number of halogens is 1. The van der Waals surface area contributed by atoms with Crippen molar-refractivity contribution in [1.29, 1.82) is 0 Å². The number of hydrogen-bond acceptors (Lipinski definition) is 4. The molecule has 0 saturated carbocycles. The highest BCUT2D eigenvalue weighted by Gasteiger charge is 2.11. The molecule has 0 bridgehead atoms. The van der Waals surface area contributed by atoms with Gasteiger partial charge in [0.15, 0.2) is 0 Å². The maximum atomic E-state index is 12.1. The minimum absolute atomic E-state index is 0.218. The number of carbonyl (C=O) groups excluding carboxylic acids is 1. The lowest BCUT2D eigenvalue weighted by atomic mass is 10.2. The Labute approximate surface area is 122 Å². The number of nitrogens with one attached hydrogen (secondary N) is 2. The van der Waals surface area contributed by atoms with Crippen LogP contribution in [0.2, 0.25) is 5.02 Å². The first-order valence-corrected chi connectivity index (χ1v) is 6.58. The van der Waals surface area contributed by atoms with Crippen LogP contribution in [0.3, 0.4) is 0 Å². The van der Waals surface area contributed by atoms with Gasteiger partial charge in [0.25, 0.3) is 5.91 Å². The second kappa shape index (κ2) is 6.38. The standard InChI is InChI=1S/C13H16ClN5O/c1-15-12-7-10(11(14)8-17-12)13(20)16-5-3-9-4-6-19(2)18-9/h4,6-8H,3,5H2,1-2H3,(H,15,17)(H,16,20). The summed E-state index contributed by atoms with van der Waals surface area (Å²) < 4.78 is 1.73. The van der Waals surface area contributed by atoms with E-state index >= 15 is 0 Å². The van der Waals surface area contributed by atoms with Crippen molar-refractivity contribution in [2.24, 2.45) is 7.05 Å². The van der Waals surface area contributed by atoms with E-state index in [0.29, 0.717) is 29.4 Å². The highest BCUT2D eigenvalue weighted by Crippen LogP contribution is 2.17. The van der Waals surface area contributed by atoms with Crippen molar-refractivity contribution < 1.29 is 4.79 Å². The predicted molar refractivity (Wildman–Crippen MR) is 78.0 cm³/mol. The number of nitrogens with zero attached hydrogens (tertiary/aromatic N) is 3. The Kier molecular flexibility index (Phi) is 4.57. The lowest BCUT2D eigenvalue weighted by Crippen LogP contribution is -2.26. The second-order valence-corrected chi connectivity index (χ2v) is 4.69. The molecule has 0 aliphatic rings. The summed E-state index contributed by atoms with van der Waals surface area (Å²) >= 11 is 5.98. The lowest BCUT2D eigenvalue weighted by molar-refractivity contribution is 0.0954. The minimum atomic E-state index is -0.218. The van der Waals surface area contributed by atoms with Crippen LogP contribution in [0.1, 0.15) is 16.1 Å². The van der Waals surface area contributed by atoms with Crippen molar-refractivity contribution in [3.8, 4) is 0 Å². The summed E-state index contributed by atoms with van der Waals surface area (Å²) in [5, 5.41) is 10.3. The van der Waals surface area contributed by atoms with Crippen LogP contribution in [0.25, 0.3) is 0 Å². The van der Waals surface area contributed by atoms with Gasteiger partial charge in [-0.15, -0.1) is 0 Å². The maximum absolute atomic E-state index is 12.1. The average Bonchev–Trinajstić information content (AvgIpc) is 2.85. The molecule has 2 heterocycles. The first-order valence-electron chi connectivity index (χ1n) is 6.20. The highest BCUT2D eigenvalue weighted by molar-refractivity contribution is 6.33. The van der Waals surface area contributed by atoms with Crippen molar-refractivity contribution >= 4 is 23.3 Å². The average molecular weight is 294 g/mol. The van der Waals surface area contributed by atoms with Crippen LogP contribution in [-0.4, -0.2) is 34.3 Å². The van der Waals surface area contributed by atoms with Gasteiger partial charge in [0, 0.05) is 39.5 Å². The predicted octanol–water partition coefficient (Wildman–Crippen LogP) is 1.48. The first-order chi connectivity index (χ1) is 9.60. The molecule has 0 atom stereocenters. The molecule has 0 aromatic carbocycles. The van der Waals surface area contributed by atoms with Gasteiger partial charge in [0.1, 0.15) is 5.82 Å². The van der Waals surface area contributed by atoms with Gasteiger partial charge in [0.2, 0.25) is 0 Å². The van der Waals surface area contributed by atoms with Gasteiger partial charge in [0.05, 0.1) is 16.3 Å². The molecule has 2 rings (SSSR count). The summed E-state index contributed by atoms with van der Waals surface area (Å²) in [6.45, 7) is 0.503. The summed E-state index contributed by atoms with van der Waals surface area (Å²) in [6, 6.07) is 3.54. The molecule has 106 valence electrons. The number of hydrogen-bond donors (Lipinski definition) is 2. The van der Waals surface area contributed by atoms with Crippen LogP contribution in [0, 0.1) is 0 Å². The van der Waals surface area contributed by atoms with E-state index in [4.69, 9.17) is 11.6 Å². The summed E-state index contributed by atoms with van der Waals surface area (Å²) in [5.41, 5.74) is 1.34. The Morgan fingerprint density at radius 2 is 2.30 bits per heavy atom. The summed E-state index contributed by atoms with van der Waals surface area (Å²) in [5.74, 6) is 0.383. The molecule has 2 N–H and O–H groups in total. The Morgan fingerprint density at radius 1 is 1.50 bits per heavy atom. The molecule has 6 nitrogen and oxygen atoms in total. The fraction of sp³-hybridized carbons (Fsp3) is 0.308. The molecule has 2 aromatic heterocycles. The minimum Gasteiger partial charge on any atom is -0.373 e. The Morgan fingerprint density at radius 3 is 2.95 bits per heavy atom. The van der Waals surface area contributed by atoms with Gasteiger partial charge in [-0.05, 0) is 12.1 Å². The summed E-state index contributed by atoms with van der Waals surface area (Å²) in [4.78, 5) is 16.1. The van der Waals surface area contributed by atoms with Gasteiger partial charge >= 0.3 is 0 Å². The molecular weight excluding hydrogens is 278 g/mol. The van der Waals surface area contributed by atoms with E-state index in [0.717, 1.165) is 5.69 Å². The molecule has 0 aliphatic heterocycles. The zero-order valence-corrected chi connectivity index (χ0v) is 12.1. The molecular formula is C13H16ClN5O. The molecule has 0 unspecified atom stereocenters. The van der Waals surface area contributed by atoms with E-state index in [2.05, 4.69) is 20.7 Å². The smallest absolute Gasteiger partial charge is 0.253 e. The normalized spacial score (nSPS) is 10.3. The van der Waals surface area contributed by atoms with Crippen molar-refractivity contribution in [2.45, 2.75) is 6.42 Å². The highest BCUT2D eigenvalue weighted by atomic mass is 35.5. The molecule has 1 amide bonds. The molecule has 0 spiro atoms. The van der Waals surface area contributed by atoms with E-state index in [1.165, 1.54) is 6.20 Å². The fourth-order valence-electron chi connectivity index (χ4n) is 1.75. The number of aryl methyl sites for hydroxylation is 1. The van der Waals surface area contributed by atoms with Gasteiger partial charge in [-0.2, -0.15) is 5.10 Å². The van der Waals surface area contributed by atoms with Crippen LogP contribution in [0.5, 0.6) is 0 Å². The van der Waals surface area contributed by atoms with Gasteiger partial charge in [-0.1, -0.05) is 11.6 Å². The monoisotopic (exact) mass is 293 g/mol. The Balaban J connectivity index is 1.94. The Bertz CT molecular complexity index is 611.